The van der Waals surface area contributed by atoms with Gasteiger partial charge in [0.25, 0.3) is 5.91 Å². The van der Waals surface area contributed by atoms with Gasteiger partial charge in [0.05, 0.1) is 11.9 Å². The predicted molar refractivity (Wildman–Crippen MR) is 117 cm³/mol. The summed E-state index contributed by atoms with van der Waals surface area (Å²) < 4.78 is 0.966. The Morgan fingerprint density at radius 2 is 1.66 bits per heavy atom. The van der Waals surface area contributed by atoms with Crippen molar-refractivity contribution in [1.29, 1.82) is 0 Å². The molecule has 2 amide bonds. The van der Waals surface area contributed by atoms with Gasteiger partial charge < -0.3 is 15.1 Å². The number of piperazine rings is 1. The van der Waals surface area contributed by atoms with Gasteiger partial charge in [0.2, 0.25) is 5.91 Å². The molecule has 2 aromatic rings. The van der Waals surface area contributed by atoms with E-state index < -0.39 is 0 Å². The van der Waals surface area contributed by atoms with Crippen molar-refractivity contribution < 1.29 is 9.59 Å². The third-order valence-corrected chi connectivity index (χ3v) is 6.25. The number of carbonyl (C=O) groups excluding carboxylic acids is 2. The van der Waals surface area contributed by atoms with Crippen LogP contribution in [0, 0.1) is 5.92 Å². The molecule has 1 N–H and O–H groups in total. The summed E-state index contributed by atoms with van der Waals surface area (Å²) in [7, 11) is 0. The molecule has 1 aliphatic heterocycles. The Hall–Kier alpha value is -2.41. The van der Waals surface area contributed by atoms with E-state index in [-0.39, 0.29) is 17.7 Å². The monoisotopic (exact) mass is 456 g/mol. The number of carbonyl (C=O) groups is 2. The van der Waals surface area contributed by atoms with Crippen molar-refractivity contribution in [1.82, 2.24) is 9.88 Å². The summed E-state index contributed by atoms with van der Waals surface area (Å²) in [5.41, 5.74) is 1.46. The molecule has 29 heavy (non-hydrogen) atoms. The smallest absolute Gasteiger partial charge is 0.253 e. The number of hydrogen-bond donors (Lipinski definition) is 1. The Labute approximate surface area is 179 Å². The topological polar surface area (TPSA) is 65.5 Å². The molecular weight excluding hydrogens is 432 g/mol. The molecule has 2 heterocycles. The summed E-state index contributed by atoms with van der Waals surface area (Å²) in [6.07, 6.45) is 5.99. The molecule has 7 heteroatoms. The number of nitrogens with zero attached hydrogens (tertiary/aromatic N) is 3. The van der Waals surface area contributed by atoms with E-state index in [4.69, 9.17) is 0 Å². The molecule has 152 valence electrons. The molecule has 0 radical (unpaired) electrons. The van der Waals surface area contributed by atoms with E-state index in [1.807, 2.05) is 41.3 Å². The fourth-order valence-electron chi connectivity index (χ4n) is 3.99. The summed E-state index contributed by atoms with van der Waals surface area (Å²) in [4.78, 5) is 33.5. The lowest BCUT2D eigenvalue weighted by Gasteiger charge is -2.35. The van der Waals surface area contributed by atoms with Crippen LogP contribution in [0.3, 0.4) is 0 Å². The maximum Gasteiger partial charge on any atom is 0.253 e. The number of nitrogens with one attached hydrogen (secondary N) is 1. The molecule has 6 nitrogen and oxygen atoms in total. The Balaban J connectivity index is 1.30. The van der Waals surface area contributed by atoms with Gasteiger partial charge in [-0.25, -0.2) is 4.98 Å². The van der Waals surface area contributed by atoms with Gasteiger partial charge in [-0.2, -0.15) is 0 Å². The van der Waals surface area contributed by atoms with Crippen LogP contribution < -0.4 is 10.2 Å². The molecule has 2 aliphatic rings. The first-order chi connectivity index (χ1) is 14.1. The van der Waals surface area contributed by atoms with Crippen molar-refractivity contribution in [2.75, 3.05) is 36.4 Å². The third-order valence-electron chi connectivity index (χ3n) is 5.72. The summed E-state index contributed by atoms with van der Waals surface area (Å²) in [6, 6.07) is 11.3. The molecular formula is C22H25BrN4O2. The van der Waals surface area contributed by atoms with Crippen molar-refractivity contribution in [2.24, 2.45) is 5.92 Å². The normalized spacial score (nSPS) is 17.4. The van der Waals surface area contributed by atoms with E-state index in [2.05, 4.69) is 31.1 Å². The number of aromatic nitrogens is 1. The van der Waals surface area contributed by atoms with Crippen molar-refractivity contribution in [2.45, 2.75) is 25.7 Å². The van der Waals surface area contributed by atoms with Crippen LogP contribution in [0.4, 0.5) is 11.5 Å². The average Bonchev–Trinajstić information content (AvgIpc) is 3.30. The minimum atomic E-state index is 0.0649. The van der Waals surface area contributed by atoms with E-state index in [9.17, 15) is 9.59 Å². The van der Waals surface area contributed by atoms with Gasteiger partial charge in [0, 0.05) is 42.1 Å². The highest BCUT2D eigenvalue weighted by Crippen LogP contribution is 2.26. The fourth-order valence-corrected chi connectivity index (χ4v) is 4.26. The van der Waals surface area contributed by atoms with Crippen molar-refractivity contribution in [3.05, 3.63) is 52.6 Å². The zero-order valence-electron chi connectivity index (χ0n) is 16.3. The van der Waals surface area contributed by atoms with E-state index in [1.54, 1.807) is 6.20 Å². The second-order valence-corrected chi connectivity index (χ2v) is 8.58. The minimum Gasteiger partial charge on any atom is -0.353 e. The number of benzene rings is 1. The van der Waals surface area contributed by atoms with Gasteiger partial charge in [0.1, 0.15) is 5.82 Å². The molecule has 0 spiro atoms. The number of hydrogen-bond acceptors (Lipinski definition) is 4. The maximum atomic E-state index is 12.6. The van der Waals surface area contributed by atoms with E-state index >= 15 is 0 Å². The molecule has 1 aliphatic carbocycles. The number of rotatable bonds is 4. The number of amides is 2. The van der Waals surface area contributed by atoms with Gasteiger partial charge in [0.15, 0.2) is 0 Å². The first-order valence-electron chi connectivity index (χ1n) is 10.2. The Morgan fingerprint density at radius 1 is 0.966 bits per heavy atom. The minimum absolute atomic E-state index is 0.0649. The first kappa shape index (κ1) is 19.9. The zero-order valence-corrected chi connectivity index (χ0v) is 17.9. The fraction of sp³-hybridized carbons (Fsp3) is 0.409. The van der Waals surface area contributed by atoms with Crippen LogP contribution in [0.15, 0.2) is 47.1 Å². The number of halogens is 1. The Kier molecular flexibility index (Phi) is 6.13. The Morgan fingerprint density at radius 3 is 2.28 bits per heavy atom. The second-order valence-electron chi connectivity index (χ2n) is 7.66. The van der Waals surface area contributed by atoms with Crippen LogP contribution in [0.1, 0.15) is 36.0 Å². The molecule has 1 aromatic heterocycles. The van der Waals surface area contributed by atoms with E-state index in [0.29, 0.717) is 18.7 Å². The lowest BCUT2D eigenvalue weighted by Crippen LogP contribution is -2.49. The second kappa shape index (κ2) is 8.95. The number of anilines is 2. The van der Waals surface area contributed by atoms with Gasteiger partial charge >= 0.3 is 0 Å². The Bertz CT molecular complexity index is 855. The molecule has 0 bridgehead atoms. The van der Waals surface area contributed by atoms with E-state index in [0.717, 1.165) is 54.8 Å². The van der Waals surface area contributed by atoms with Gasteiger partial charge in [-0.15, -0.1) is 0 Å². The average molecular weight is 457 g/mol. The molecule has 0 unspecified atom stereocenters. The van der Waals surface area contributed by atoms with Crippen molar-refractivity contribution in [3.63, 3.8) is 0 Å². The number of pyridine rings is 1. The summed E-state index contributed by atoms with van der Waals surface area (Å²) >= 11 is 3.40. The molecule has 1 saturated heterocycles. The first-order valence-corrected chi connectivity index (χ1v) is 11.0. The van der Waals surface area contributed by atoms with Crippen LogP contribution in [-0.2, 0) is 4.79 Å². The highest BCUT2D eigenvalue weighted by Gasteiger charge is 2.24. The lowest BCUT2D eigenvalue weighted by atomic mass is 10.1. The summed E-state index contributed by atoms with van der Waals surface area (Å²) in [5, 5.41) is 2.98. The molecule has 0 atom stereocenters. The lowest BCUT2D eigenvalue weighted by molar-refractivity contribution is -0.119. The van der Waals surface area contributed by atoms with Crippen LogP contribution in [0.25, 0.3) is 0 Å². The highest BCUT2D eigenvalue weighted by molar-refractivity contribution is 9.10. The molecule has 2 fully saturated rings. The van der Waals surface area contributed by atoms with Crippen molar-refractivity contribution in [3.8, 4) is 0 Å². The zero-order chi connectivity index (χ0) is 20.2. The van der Waals surface area contributed by atoms with Crippen LogP contribution in [0.5, 0.6) is 0 Å². The molecule has 4 rings (SSSR count). The third kappa shape index (κ3) is 4.78. The van der Waals surface area contributed by atoms with Crippen LogP contribution in [-0.4, -0.2) is 47.9 Å². The standard InChI is InChI=1S/C22H25BrN4O2/c23-18-7-5-17(6-8-18)22(29)27-13-11-26(12-14-27)20-10-9-19(15-24-20)25-21(28)16-3-1-2-4-16/h5-10,15-16H,1-4,11-14H2,(H,25,28). The van der Waals surface area contributed by atoms with Crippen LogP contribution in [0.2, 0.25) is 0 Å². The SMILES string of the molecule is O=C(Nc1ccc(N2CCN(C(=O)c3ccc(Br)cc3)CC2)nc1)C1CCCC1. The van der Waals surface area contributed by atoms with Crippen LogP contribution >= 0.6 is 15.9 Å². The molecule has 1 saturated carbocycles. The van der Waals surface area contributed by atoms with E-state index in [1.165, 1.54) is 0 Å². The predicted octanol–water partition coefficient (Wildman–Crippen LogP) is 3.94. The summed E-state index contributed by atoms with van der Waals surface area (Å²) in [5.74, 6) is 1.19. The van der Waals surface area contributed by atoms with Gasteiger partial charge in [-0.05, 0) is 49.2 Å². The van der Waals surface area contributed by atoms with Crippen molar-refractivity contribution >= 4 is 39.2 Å². The maximum absolute atomic E-state index is 12.6. The van der Waals surface area contributed by atoms with Gasteiger partial charge in [-0.3, -0.25) is 9.59 Å². The highest BCUT2D eigenvalue weighted by atomic mass is 79.9. The van der Waals surface area contributed by atoms with Gasteiger partial charge in [-0.1, -0.05) is 28.8 Å². The largest absolute Gasteiger partial charge is 0.353 e. The molecule has 1 aromatic carbocycles. The summed E-state index contributed by atoms with van der Waals surface area (Å²) in [6.45, 7) is 2.81. The quantitative estimate of drug-likeness (QED) is 0.756.